The van der Waals surface area contributed by atoms with Crippen LogP contribution in [0.25, 0.3) is 33.6 Å². The second-order valence-corrected chi connectivity index (χ2v) is 15.7. The molecule has 0 bridgehead atoms. The third-order valence-electron chi connectivity index (χ3n) is 11.4. The van der Waals surface area contributed by atoms with Crippen LogP contribution < -0.4 is 5.32 Å². The number of carbonyl (C=O) groups is 3. The average Bonchev–Trinajstić information content (AvgIpc) is 4.10. The summed E-state index contributed by atoms with van der Waals surface area (Å²) in [6, 6.07) is 31.7. The van der Waals surface area contributed by atoms with Gasteiger partial charge in [-0.25, -0.2) is 14.8 Å². The Hall–Kier alpha value is -6.24. The minimum absolute atomic E-state index is 0.0390. The number of carbonyl (C=O) groups excluding carboxylic acids is 3. The highest BCUT2D eigenvalue weighted by molar-refractivity contribution is 6.30. The Balaban J connectivity index is 0.929. The molecule has 12 nitrogen and oxygen atoms in total. The van der Waals surface area contributed by atoms with Gasteiger partial charge in [0.15, 0.2) is 0 Å². The lowest BCUT2D eigenvalue weighted by molar-refractivity contribution is -0.137. The van der Waals surface area contributed by atoms with E-state index in [4.69, 9.17) is 26.3 Å². The lowest BCUT2D eigenvalue weighted by Crippen LogP contribution is -2.42. The number of halogens is 1. The third-order valence-corrected chi connectivity index (χ3v) is 11.6. The van der Waals surface area contributed by atoms with Gasteiger partial charge in [0, 0.05) is 18.1 Å². The molecule has 1 unspecified atom stereocenters. The highest BCUT2D eigenvalue weighted by Crippen LogP contribution is 2.37. The van der Waals surface area contributed by atoms with Gasteiger partial charge in [0.05, 0.1) is 43.0 Å². The summed E-state index contributed by atoms with van der Waals surface area (Å²) >= 11 is 6.30. The highest BCUT2D eigenvalue weighted by Gasteiger charge is 2.38. The number of amides is 3. The van der Waals surface area contributed by atoms with Gasteiger partial charge in [0.25, 0.3) is 5.91 Å². The number of hydrogen-bond donors (Lipinski definition) is 3. The molecule has 0 radical (unpaired) electrons. The van der Waals surface area contributed by atoms with E-state index in [2.05, 4.69) is 63.8 Å². The van der Waals surface area contributed by atoms with Crippen LogP contribution in [0, 0.1) is 0 Å². The van der Waals surface area contributed by atoms with E-state index < -0.39 is 18.2 Å². The molecule has 3 N–H and O–H groups in total. The van der Waals surface area contributed by atoms with Crippen LogP contribution in [-0.4, -0.2) is 86.8 Å². The number of H-pyrrole nitrogens is 2. The number of imidazole rings is 2. The first kappa shape index (κ1) is 39.6. The number of ether oxygens (including phenoxy) is 1. The molecule has 6 aromatic rings. The molecule has 2 aliphatic rings. The predicted molar refractivity (Wildman–Crippen MR) is 227 cm³/mol. The molecule has 4 heterocycles. The zero-order valence-electron chi connectivity index (χ0n) is 33.3. The topological polar surface area (TPSA) is 140 Å². The number of likely N-dealkylation sites (tertiary alicyclic amines) is 2. The molecular weight excluding hydrogens is 764 g/mol. The lowest BCUT2D eigenvalue weighted by Gasteiger charge is -2.31. The summed E-state index contributed by atoms with van der Waals surface area (Å²) in [7, 11) is 5.12. The monoisotopic (exact) mass is 810 g/mol. The number of likely N-dealkylation sites (N-methyl/N-ethyl adjacent to an activating group) is 1. The molecule has 4 aromatic carbocycles. The van der Waals surface area contributed by atoms with Gasteiger partial charge < -0.3 is 29.8 Å². The van der Waals surface area contributed by atoms with Crippen molar-refractivity contribution >= 4 is 29.5 Å². The number of aromatic amines is 2. The fourth-order valence-electron chi connectivity index (χ4n) is 8.39. The van der Waals surface area contributed by atoms with E-state index in [0.29, 0.717) is 29.5 Å². The van der Waals surface area contributed by atoms with Crippen molar-refractivity contribution < 1.29 is 19.1 Å². The Kier molecular flexibility index (Phi) is 11.6. The molecule has 8 rings (SSSR count). The van der Waals surface area contributed by atoms with Gasteiger partial charge in [0.2, 0.25) is 5.91 Å². The number of nitrogens with one attached hydrogen (secondary N) is 3. The molecule has 2 aromatic heterocycles. The van der Waals surface area contributed by atoms with Gasteiger partial charge in [0.1, 0.15) is 23.7 Å². The first-order chi connectivity index (χ1) is 28.7. The number of hydrogen-bond acceptors (Lipinski definition) is 7. The van der Waals surface area contributed by atoms with Crippen LogP contribution in [0.3, 0.4) is 0 Å². The number of benzene rings is 4. The van der Waals surface area contributed by atoms with E-state index >= 15 is 0 Å². The van der Waals surface area contributed by atoms with Gasteiger partial charge in [-0.3, -0.25) is 14.5 Å². The van der Waals surface area contributed by atoms with Gasteiger partial charge in [-0.1, -0.05) is 103 Å². The normalized spacial score (nSPS) is 17.6. The Bertz CT molecular complexity index is 2410. The van der Waals surface area contributed by atoms with Crippen molar-refractivity contribution in [2.75, 3.05) is 34.3 Å². The Morgan fingerprint density at radius 2 is 1.22 bits per heavy atom. The molecule has 13 heteroatoms. The second kappa shape index (κ2) is 17.3. The standard InChI is InChI=1S/C46H47ClN8O4/c1-53(2)41(34-12-7-13-35(47)26-34)45(57)55-25-9-15-39(55)43-49-28-37(51-43)32-22-18-30(19-23-32)29-16-20-31(21-17-29)36-27-48-42(50-36)38-14-8-24-54(38)44(56)40(52-46(58)59-3)33-10-5-4-6-11-33/h4-7,10-13,16-23,26-28,38-41H,8-9,14-15,24-25H2,1-3H3,(H,48,50)(H,49,51)(H,52,58)/t38-,39-,40+,41?/m0/s1. The molecule has 4 atom stereocenters. The van der Waals surface area contributed by atoms with E-state index in [9.17, 15) is 14.4 Å². The molecule has 3 amide bonds. The van der Waals surface area contributed by atoms with Crippen molar-refractivity contribution in [2.24, 2.45) is 0 Å². The summed E-state index contributed by atoms with van der Waals surface area (Å²) in [5, 5.41) is 3.33. The number of nitrogens with zero attached hydrogens (tertiary/aromatic N) is 5. The largest absolute Gasteiger partial charge is 0.453 e. The maximum absolute atomic E-state index is 14.0. The molecule has 302 valence electrons. The van der Waals surface area contributed by atoms with Crippen LogP contribution >= 0.6 is 11.6 Å². The zero-order valence-corrected chi connectivity index (χ0v) is 34.0. The maximum Gasteiger partial charge on any atom is 0.407 e. The first-order valence-electron chi connectivity index (χ1n) is 19.9. The minimum Gasteiger partial charge on any atom is -0.453 e. The van der Waals surface area contributed by atoms with Gasteiger partial charge in [-0.15, -0.1) is 0 Å². The van der Waals surface area contributed by atoms with Crippen molar-refractivity contribution in [3.8, 4) is 33.6 Å². The number of aromatic nitrogens is 4. The molecule has 2 fully saturated rings. The second-order valence-electron chi connectivity index (χ2n) is 15.3. The van der Waals surface area contributed by atoms with E-state index in [0.717, 1.165) is 70.7 Å². The summed E-state index contributed by atoms with van der Waals surface area (Å²) in [4.78, 5) is 62.2. The van der Waals surface area contributed by atoms with E-state index in [1.165, 1.54) is 7.11 Å². The Morgan fingerprint density at radius 1 is 0.712 bits per heavy atom. The number of alkyl carbamates (subject to hydrolysis) is 1. The van der Waals surface area contributed by atoms with Crippen molar-refractivity contribution in [3.63, 3.8) is 0 Å². The van der Waals surface area contributed by atoms with Crippen LogP contribution in [0.2, 0.25) is 5.02 Å². The molecule has 0 spiro atoms. The van der Waals surface area contributed by atoms with Crippen LogP contribution in [0.1, 0.15) is 72.6 Å². The summed E-state index contributed by atoms with van der Waals surface area (Å²) in [6.45, 7) is 1.23. The molecular formula is C46H47ClN8O4. The van der Waals surface area contributed by atoms with Crippen LogP contribution in [0.4, 0.5) is 4.79 Å². The van der Waals surface area contributed by atoms with E-state index in [1.54, 1.807) is 11.1 Å². The Morgan fingerprint density at radius 3 is 1.73 bits per heavy atom. The molecule has 59 heavy (non-hydrogen) atoms. The molecule has 0 aliphatic carbocycles. The van der Waals surface area contributed by atoms with Crippen molar-refractivity contribution in [2.45, 2.75) is 49.9 Å². The first-order valence-corrected chi connectivity index (χ1v) is 20.3. The Labute approximate surface area is 348 Å². The summed E-state index contributed by atoms with van der Waals surface area (Å²) in [5.74, 6) is 1.33. The van der Waals surface area contributed by atoms with Crippen LogP contribution in [-0.2, 0) is 14.3 Å². The molecule has 2 aliphatic heterocycles. The molecule has 0 saturated carbocycles. The lowest BCUT2D eigenvalue weighted by atomic mass is 10.0. The van der Waals surface area contributed by atoms with E-state index in [1.807, 2.05) is 84.7 Å². The van der Waals surface area contributed by atoms with Gasteiger partial charge >= 0.3 is 6.09 Å². The fourth-order valence-corrected chi connectivity index (χ4v) is 8.59. The third kappa shape index (κ3) is 8.37. The smallest absolute Gasteiger partial charge is 0.407 e. The van der Waals surface area contributed by atoms with E-state index in [-0.39, 0.29) is 23.9 Å². The maximum atomic E-state index is 14.0. The minimum atomic E-state index is -0.875. The van der Waals surface area contributed by atoms with Crippen molar-refractivity contribution in [3.05, 3.63) is 143 Å². The predicted octanol–water partition coefficient (Wildman–Crippen LogP) is 8.51. The summed E-state index contributed by atoms with van der Waals surface area (Å²) < 4.78 is 4.83. The summed E-state index contributed by atoms with van der Waals surface area (Å²) in [5.41, 5.74) is 7.43. The number of methoxy groups -OCH3 is 1. The van der Waals surface area contributed by atoms with Gasteiger partial charge in [-0.2, -0.15) is 0 Å². The summed E-state index contributed by atoms with van der Waals surface area (Å²) in [6.07, 6.45) is 6.32. The SMILES string of the molecule is COC(=O)N[C@@H](C(=O)N1CCC[C@H]1c1ncc(-c2ccc(-c3ccc(-c4cnc([C@@H]5CCCN5C(=O)C(c5cccc(Cl)c5)N(C)C)[nH]4)cc3)cc2)[nH]1)c1ccccc1. The van der Waals surface area contributed by atoms with Crippen LogP contribution in [0.15, 0.2) is 116 Å². The average molecular weight is 811 g/mol. The van der Waals surface area contributed by atoms with Crippen molar-refractivity contribution in [1.82, 2.24) is 40.0 Å². The molecule has 2 saturated heterocycles. The zero-order chi connectivity index (χ0) is 41.0. The quantitative estimate of drug-likeness (QED) is 0.119. The van der Waals surface area contributed by atoms with Crippen molar-refractivity contribution in [1.29, 1.82) is 0 Å². The fraction of sp³-hybridized carbons (Fsp3) is 0.283. The van der Waals surface area contributed by atoms with Gasteiger partial charge in [-0.05, 0) is 85.3 Å². The highest BCUT2D eigenvalue weighted by atomic mass is 35.5. The number of rotatable bonds is 11. The van der Waals surface area contributed by atoms with Crippen LogP contribution in [0.5, 0.6) is 0 Å².